The van der Waals surface area contributed by atoms with E-state index in [1.165, 1.54) is 13.8 Å². The zero-order chi connectivity index (χ0) is 12.0. The van der Waals surface area contributed by atoms with Crippen LogP contribution in [0, 0.1) is 5.92 Å². The summed E-state index contributed by atoms with van der Waals surface area (Å²) in [5.74, 6) is -1.02. The van der Waals surface area contributed by atoms with Crippen molar-refractivity contribution in [2.75, 3.05) is 6.54 Å². The number of hydrogen-bond donors (Lipinski definition) is 0. The molecule has 0 N–H and O–H groups in total. The Labute approximate surface area is 89.5 Å². The van der Waals surface area contributed by atoms with Crippen LogP contribution in [0.2, 0.25) is 0 Å². The van der Waals surface area contributed by atoms with E-state index in [1.807, 2.05) is 0 Å². The quantitative estimate of drug-likeness (QED) is 0.696. The summed E-state index contributed by atoms with van der Waals surface area (Å²) in [7, 11) is -3.62. The summed E-state index contributed by atoms with van der Waals surface area (Å²) >= 11 is 0. The lowest BCUT2D eigenvalue weighted by Gasteiger charge is -2.42. The number of amides is 1. The molecule has 6 heteroatoms. The third-order valence-corrected chi connectivity index (χ3v) is 4.96. The summed E-state index contributed by atoms with van der Waals surface area (Å²) in [6, 6.07) is 0. The van der Waals surface area contributed by atoms with Gasteiger partial charge in [-0.3, -0.25) is 9.59 Å². The van der Waals surface area contributed by atoms with Gasteiger partial charge in [-0.15, -0.1) is 0 Å². The van der Waals surface area contributed by atoms with Crippen molar-refractivity contribution in [3.05, 3.63) is 0 Å². The normalized spacial score (nSPS) is 22.7. The molecule has 0 aromatic heterocycles. The van der Waals surface area contributed by atoms with Crippen molar-refractivity contribution < 1.29 is 18.0 Å². The predicted octanol–water partition coefficient (Wildman–Crippen LogP) is 0.162. The van der Waals surface area contributed by atoms with Gasteiger partial charge in [-0.05, 0) is 13.8 Å². The molecule has 1 fully saturated rings. The topological polar surface area (TPSA) is 71.5 Å². The molecule has 5 nitrogen and oxygen atoms in total. The van der Waals surface area contributed by atoms with E-state index in [2.05, 4.69) is 0 Å². The fraction of sp³-hybridized carbons (Fsp3) is 0.778. The van der Waals surface area contributed by atoms with Gasteiger partial charge in [0, 0.05) is 5.92 Å². The second kappa shape index (κ2) is 3.30. The molecular weight excluding hydrogens is 218 g/mol. The van der Waals surface area contributed by atoms with Gasteiger partial charge in [-0.2, -0.15) is 0 Å². The molecule has 0 radical (unpaired) electrons. The van der Waals surface area contributed by atoms with E-state index < -0.39 is 20.7 Å². The summed E-state index contributed by atoms with van der Waals surface area (Å²) in [5.41, 5.74) is 0. The fourth-order valence-electron chi connectivity index (χ4n) is 1.24. The first kappa shape index (κ1) is 12.2. The number of carbonyl (C=O) groups is 2. The van der Waals surface area contributed by atoms with E-state index in [1.54, 1.807) is 13.8 Å². The van der Waals surface area contributed by atoms with Crippen LogP contribution < -0.4 is 0 Å². The number of ketones is 1. The maximum Gasteiger partial charge on any atom is 0.259 e. The highest BCUT2D eigenvalue weighted by atomic mass is 32.2. The Morgan fingerprint density at radius 3 is 2.20 bits per heavy atom. The van der Waals surface area contributed by atoms with Gasteiger partial charge in [-0.1, -0.05) is 13.8 Å². The number of carbonyl (C=O) groups excluding carboxylic acids is 2. The van der Waals surface area contributed by atoms with E-state index in [0.29, 0.717) is 4.31 Å². The number of nitrogens with zero attached hydrogens (tertiary/aromatic N) is 1. The van der Waals surface area contributed by atoms with Crippen LogP contribution in [-0.2, 0) is 19.6 Å². The number of sulfonamides is 1. The van der Waals surface area contributed by atoms with Crippen molar-refractivity contribution in [1.29, 1.82) is 0 Å². The summed E-state index contributed by atoms with van der Waals surface area (Å²) < 4.78 is 22.5. The summed E-state index contributed by atoms with van der Waals surface area (Å²) in [4.78, 5) is 22.8. The third kappa shape index (κ3) is 1.56. The zero-order valence-electron chi connectivity index (χ0n) is 9.27. The van der Waals surface area contributed by atoms with Gasteiger partial charge in [0.25, 0.3) is 15.9 Å². The maximum absolute atomic E-state index is 11.6. The SMILES string of the molecule is CC(C)C(=O)CN1C(=O)C(C)(C)S1(=O)=O. The molecule has 1 amide bonds. The Kier molecular flexibility index (Phi) is 2.67. The van der Waals surface area contributed by atoms with Crippen molar-refractivity contribution in [1.82, 2.24) is 4.31 Å². The smallest absolute Gasteiger partial charge is 0.259 e. The van der Waals surface area contributed by atoms with Gasteiger partial charge < -0.3 is 0 Å². The van der Waals surface area contributed by atoms with Crippen LogP contribution in [-0.4, -0.2) is 35.7 Å². The van der Waals surface area contributed by atoms with Crippen LogP contribution >= 0.6 is 0 Å². The minimum atomic E-state index is -3.62. The molecule has 0 aromatic carbocycles. The molecule has 86 valence electrons. The van der Waals surface area contributed by atoms with Crippen LogP contribution in [0.4, 0.5) is 0 Å². The molecular formula is C9H15NO4S. The maximum atomic E-state index is 11.6. The van der Waals surface area contributed by atoms with Gasteiger partial charge in [0.15, 0.2) is 10.5 Å². The van der Waals surface area contributed by atoms with Crippen LogP contribution in [0.25, 0.3) is 0 Å². The zero-order valence-corrected chi connectivity index (χ0v) is 10.1. The molecule has 1 saturated heterocycles. The van der Waals surface area contributed by atoms with Crippen molar-refractivity contribution in [3.8, 4) is 0 Å². The fourth-order valence-corrected chi connectivity index (χ4v) is 2.73. The standard InChI is InChI=1S/C9H15NO4S/c1-6(2)7(11)5-10-8(12)9(3,4)15(10,13)14/h6H,5H2,1-4H3. The summed E-state index contributed by atoms with van der Waals surface area (Å²) in [6.07, 6.45) is 0. The lowest BCUT2D eigenvalue weighted by atomic mass is 10.1. The van der Waals surface area contributed by atoms with Gasteiger partial charge >= 0.3 is 0 Å². The van der Waals surface area contributed by atoms with Crippen molar-refractivity contribution in [3.63, 3.8) is 0 Å². The molecule has 0 aromatic rings. The van der Waals surface area contributed by atoms with Crippen LogP contribution in [0.3, 0.4) is 0 Å². The Morgan fingerprint density at radius 2 is 1.87 bits per heavy atom. The van der Waals surface area contributed by atoms with E-state index in [9.17, 15) is 18.0 Å². The number of hydrogen-bond acceptors (Lipinski definition) is 4. The Balaban J connectivity index is 2.86. The highest BCUT2D eigenvalue weighted by molar-refractivity contribution is 7.94. The van der Waals surface area contributed by atoms with Crippen molar-refractivity contribution in [2.24, 2.45) is 5.92 Å². The molecule has 0 saturated carbocycles. The van der Waals surface area contributed by atoms with Crippen LogP contribution in [0.5, 0.6) is 0 Å². The summed E-state index contributed by atoms with van der Waals surface area (Å²) in [5, 5.41) is 0. The third-order valence-electron chi connectivity index (χ3n) is 2.62. The molecule has 0 bridgehead atoms. The molecule has 1 rings (SSSR count). The first-order chi connectivity index (χ1) is 6.62. The van der Waals surface area contributed by atoms with Crippen molar-refractivity contribution in [2.45, 2.75) is 32.4 Å². The first-order valence-electron chi connectivity index (χ1n) is 4.72. The average molecular weight is 233 g/mol. The average Bonchev–Trinajstić information content (AvgIpc) is 2.11. The Hall–Kier alpha value is -0.910. The van der Waals surface area contributed by atoms with Crippen molar-refractivity contribution >= 4 is 21.7 Å². The van der Waals surface area contributed by atoms with Crippen LogP contribution in [0.15, 0.2) is 0 Å². The molecule has 15 heavy (non-hydrogen) atoms. The highest BCUT2D eigenvalue weighted by Gasteiger charge is 2.60. The van der Waals surface area contributed by atoms with E-state index in [-0.39, 0.29) is 18.2 Å². The van der Waals surface area contributed by atoms with Gasteiger partial charge in [-0.25, -0.2) is 12.7 Å². The molecule has 0 aliphatic carbocycles. The minimum absolute atomic E-state index is 0.248. The Bertz CT molecular complexity index is 408. The first-order valence-corrected chi connectivity index (χ1v) is 6.16. The second-order valence-electron chi connectivity index (χ2n) is 4.45. The molecule has 0 spiro atoms. The van der Waals surface area contributed by atoms with Gasteiger partial charge in [0.2, 0.25) is 0 Å². The monoisotopic (exact) mass is 233 g/mol. The van der Waals surface area contributed by atoms with Gasteiger partial charge in [0.05, 0.1) is 6.54 Å². The second-order valence-corrected chi connectivity index (χ2v) is 6.86. The predicted molar refractivity (Wildman–Crippen MR) is 54.6 cm³/mol. The van der Waals surface area contributed by atoms with E-state index >= 15 is 0 Å². The number of Topliss-reactive ketones (excluding diaryl/α,β-unsaturated/α-hetero) is 1. The molecule has 1 aliphatic rings. The number of rotatable bonds is 3. The molecule has 1 heterocycles. The van der Waals surface area contributed by atoms with E-state index in [4.69, 9.17) is 0 Å². The molecule has 0 atom stereocenters. The summed E-state index contributed by atoms with van der Waals surface area (Å²) in [6.45, 7) is 5.71. The lowest BCUT2D eigenvalue weighted by Crippen LogP contribution is -2.68. The van der Waals surface area contributed by atoms with Gasteiger partial charge in [0.1, 0.15) is 0 Å². The minimum Gasteiger partial charge on any atom is -0.297 e. The molecule has 1 aliphatic heterocycles. The van der Waals surface area contributed by atoms with E-state index in [0.717, 1.165) is 0 Å². The molecule has 0 unspecified atom stereocenters. The van der Waals surface area contributed by atoms with Crippen LogP contribution in [0.1, 0.15) is 27.7 Å². The lowest BCUT2D eigenvalue weighted by molar-refractivity contribution is -0.136. The largest absolute Gasteiger partial charge is 0.297 e. The highest BCUT2D eigenvalue weighted by Crippen LogP contribution is 2.34. The Morgan fingerprint density at radius 1 is 1.40 bits per heavy atom.